The van der Waals surface area contributed by atoms with E-state index in [-0.39, 0.29) is 17.2 Å². The molecular formula is C19H22N2O4S2. The molecule has 2 aromatic rings. The Morgan fingerprint density at radius 2 is 1.78 bits per heavy atom. The minimum Gasteiger partial charge on any atom is -0.365 e. The first-order valence-electron chi connectivity index (χ1n) is 8.79. The van der Waals surface area contributed by atoms with Gasteiger partial charge in [-0.05, 0) is 48.9 Å². The van der Waals surface area contributed by atoms with Gasteiger partial charge in [-0.25, -0.2) is 8.42 Å². The van der Waals surface area contributed by atoms with Crippen molar-refractivity contribution >= 4 is 38.0 Å². The molecule has 1 aliphatic rings. The van der Waals surface area contributed by atoms with Crippen LogP contribution in [0.3, 0.4) is 0 Å². The topological polar surface area (TPSA) is 106 Å². The van der Waals surface area contributed by atoms with Gasteiger partial charge < -0.3 is 11.1 Å². The highest BCUT2D eigenvalue weighted by Gasteiger charge is 2.24. The number of nitrogens with two attached hydrogens (primary N) is 1. The van der Waals surface area contributed by atoms with Crippen molar-refractivity contribution in [3.63, 3.8) is 0 Å². The van der Waals surface area contributed by atoms with Crippen molar-refractivity contribution in [2.45, 2.75) is 43.4 Å². The number of carbonyl (C=O) groups excluding carboxylic acids is 2. The van der Waals surface area contributed by atoms with Crippen molar-refractivity contribution in [1.82, 2.24) is 0 Å². The maximum atomic E-state index is 12.4. The van der Waals surface area contributed by atoms with E-state index in [4.69, 9.17) is 5.73 Å². The van der Waals surface area contributed by atoms with Gasteiger partial charge in [0.15, 0.2) is 9.84 Å². The molecule has 144 valence electrons. The van der Waals surface area contributed by atoms with Gasteiger partial charge in [0, 0.05) is 11.1 Å². The van der Waals surface area contributed by atoms with E-state index in [9.17, 15) is 18.0 Å². The van der Waals surface area contributed by atoms with E-state index in [1.807, 2.05) is 0 Å². The van der Waals surface area contributed by atoms with Crippen LogP contribution in [-0.4, -0.2) is 26.5 Å². The van der Waals surface area contributed by atoms with Gasteiger partial charge in [0.2, 0.25) is 5.91 Å². The summed E-state index contributed by atoms with van der Waals surface area (Å²) in [7, 11) is -3.27. The van der Waals surface area contributed by atoms with E-state index in [0.717, 1.165) is 48.8 Å². The first-order valence-corrected chi connectivity index (χ1v) is 11.5. The number of nitrogens with one attached hydrogen (secondary N) is 1. The van der Waals surface area contributed by atoms with Crippen LogP contribution in [0.5, 0.6) is 0 Å². The molecule has 0 spiro atoms. The van der Waals surface area contributed by atoms with E-state index in [1.165, 1.54) is 23.5 Å². The van der Waals surface area contributed by atoms with Crippen molar-refractivity contribution in [3.8, 4) is 0 Å². The molecule has 2 amide bonds. The van der Waals surface area contributed by atoms with Crippen LogP contribution in [0.25, 0.3) is 0 Å². The van der Waals surface area contributed by atoms with Gasteiger partial charge >= 0.3 is 0 Å². The monoisotopic (exact) mass is 406 g/mol. The minimum atomic E-state index is -3.27. The van der Waals surface area contributed by atoms with Gasteiger partial charge in [0.05, 0.1) is 16.9 Å². The fourth-order valence-corrected chi connectivity index (χ4v) is 5.24. The normalized spacial score (nSPS) is 14.3. The lowest BCUT2D eigenvalue weighted by Gasteiger charge is -2.07. The Labute approximate surface area is 162 Å². The first-order chi connectivity index (χ1) is 12.8. The number of hydrogen-bond acceptors (Lipinski definition) is 5. The predicted octanol–water partition coefficient (Wildman–Crippen LogP) is 2.70. The Bertz CT molecular complexity index is 976. The van der Waals surface area contributed by atoms with Crippen LogP contribution in [0.4, 0.5) is 5.00 Å². The molecule has 0 unspecified atom stereocenters. The van der Waals surface area contributed by atoms with E-state index >= 15 is 0 Å². The van der Waals surface area contributed by atoms with Crippen LogP contribution < -0.4 is 11.1 Å². The number of anilines is 1. The number of primary amides is 1. The molecule has 8 heteroatoms. The largest absolute Gasteiger partial charge is 0.365 e. The molecule has 0 bridgehead atoms. The van der Waals surface area contributed by atoms with Crippen molar-refractivity contribution in [3.05, 3.63) is 45.8 Å². The average Bonchev–Trinajstić information content (AvgIpc) is 2.76. The molecule has 0 radical (unpaired) electrons. The molecule has 0 aliphatic heterocycles. The molecule has 1 aromatic heterocycles. The Hall–Kier alpha value is -2.19. The van der Waals surface area contributed by atoms with Crippen molar-refractivity contribution < 1.29 is 18.0 Å². The smallest absolute Gasteiger partial charge is 0.251 e. The molecule has 0 saturated heterocycles. The number of hydrogen-bond donors (Lipinski definition) is 2. The van der Waals surface area contributed by atoms with Crippen LogP contribution in [0.1, 0.15) is 45.6 Å². The molecule has 0 atom stereocenters. The summed E-state index contributed by atoms with van der Waals surface area (Å²) in [4.78, 5) is 25.7. The number of rotatable bonds is 5. The maximum absolute atomic E-state index is 12.4. The zero-order chi connectivity index (χ0) is 19.6. The molecule has 3 N–H and O–H groups in total. The Kier molecular flexibility index (Phi) is 5.67. The molecule has 27 heavy (non-hydrogen) atoms. The predicted molar refractivity (Wildman–Crippen MR) is 106 cm³/mol. The van der Waals surface area contributed by atoms with Crippen LogP contribution in [0.15, 0.2) is 29.2 Å². The maximum Gasteiger partial charge on any atom is 0.251 e. The third kappa shape index (κ3) is 4.56. The average molecular weight is 407 g/mol. The molecule has 1 heterocycles. The van der Waals surface area contributed by atoms with E-state index < -0.39 is 15.7 Å². The number of thiophene rings is 1. The van der Waals surface area contributed by atoms with E-state index in [2.05, 4.69) is 5.32 Å². The molecule has 1 aromatic carbocycles. The van der Waals surface area contributed by atoms with Crippen molar-refractivity contribution in [1.29, 1.82) is 0 Å². The van der Waals surface area contributed by atoms with Crippen LogP contribution in [0.2, 0.25) is 0 Å². The van der Waals surface area contributed by atoms with Gasteiger partial charge in [0.25, 0.3) is 5.91 Å². The third-order valence-corrected chi connectivity index (χ3v) is 6.97. The summed E-state index contributed by atoms with van der Waals surface area (Å²) in [6, 6.07) is 6.21. The Balaban J connectivity index is 1.77. The summed E-state index contributed by atoms with van der Waals surface area (Å²) in [6.07, 6.45) is 6.17. The second kappa shape index (κ2) is 7.82. The van der Waals surface area contributed by atoms with Gasteiger partial charge in [-0.1, -0.05) is 18.6 Å². The summed E-state index contributed by atoms with van der Waals surface area (Å²) < 4.78 is 23.0. The second-order valence-electron chi connectivity index (χ2n) is 6.77. The minimum absolute atomic E-state index is 0.0881. The molecule has 0 saturated carbocycles. The summed E-state index contributed by atoms with van der Waals surface area (Å²) in [5.41, 5.74) is 7.70. The van der Waals surface area contributed by atoms with Crippen molar-refractivity contribution in [2.24, 2.45) is 5.73 Å². The zero-order valence-corrected chi connectivity index (χ0v) is 16.7. The number of fused-ring (bicyclic) bond motifs is 1. The van der Waals surface area contributed by atoms with Gasteiger partial charge in [-0.15, -0.1) is 11.3 Å². The highest BCUT2D eigenvalue weighted by Crippen LogP contribution is 2.37. The number of carbonyl (C=O) groups is 2. The van der Waals surface area contributed by atoms with E-state index in [0.29, 0.717) is 16.1 Å². The van der Waals surface area contributed by atoms with Crippen LogP contribution >= 0.6 is 11.3 Å². The summed E-state index contributed by atoms with van der Waals surface area (Å²) in [5.74, 6) is -0.775. The third-order valence-electron chi connectivity index (χ3n) is 4.64. The van der Waals surface area contributed by atoms with E-state index in [1.54, 1.807) is 12.1 Å². The number of sulfone groups is 1. The number of amides is 2. The molecular weight excluding hydrogens is 384 g/mol. The highest BCUT2D eigenvalue weighted by molar-refractivity contribution is 7.90. The highest BCUT2D eigenvalue weighted by atomic mass is 32.2. The lowest BCUT2D eigenvalue weighted by molar-refractivity contribution is -0.115. The fraction of sp³-hybridized carbons (Fsp3) is 0.368. The molecule has 0 fully saturated rings. The summed E-state index contributed by atoms with van der Waals surface area (Å²) in [5, 5.41) is 3.34. The molecule has 6 nitrogen and oxygen atoms in total. The first kappa shape index (κ1) is 19.6. The summed E-state index contributed by atoms with van der Waals surface area (Å²) in [6.45, 7) is 0. The Morgan fingerprint density at radius 3 is 2.41 bits per heavy atom. The quantitative estimate of drug-likeness (QED) is 0.745. The SMILES string of the molecule is CS(=O)(=O)c1ccc(CC(=O)Nc2sc3c(c2C(N)=O)CCCCC3)cc1. The zero-order valence-electron chi connectivity index (χ0n) is 15.1. The lowest BCUT2D eigenvalue weighted by Crippen LogP contribution is -2.19. The van der Waals surface area contributed by atoms with Gasteiger partial charge in [-0.3, -0.25) is 9.59 Å². The standard InChI is InChI=1S/C19H22N2O4S2/c1-27(24,25)13-9-7-12(8-10-13)11-16(22)21-19-17(18(20)23)14-5-3-2-4-6-15(14)26-19/h7-10H,2-6,11H2,1H3,(H2,20,23)(H,21,22). The van der Waals surface area contributed by atoms with Crippen LogP contribution in [0, 0.1) is 0 Å². The second-order valence-corrected chi connectivity index (χ2v) is 9.89. The van der Waals surface area contributed by atoms with Gasteiger partial charge in [0.1, 0.15) is 5.00 Å². The molecule has 3 rings (SSSR count). The fourth-order valence-electron chi connectivity index (χ4n) is 3.30. The lowest BCUT2D eigenvalue weighted by atomic mass is 10.1. The Morgan fingerprint density at radius 1 is 1.11 bits per heavy atom. The number of benzene rings is 1. The summed E-state index contributed by atoms with van der Waals surface area (Å²) >= 11 is 1.44. The van der Waals surface area contributed by atoms with Gasteiger partial charge in [-0.2, -0.15) is 0 Å². The number of aryl methyl sites for hydroxylation is 1. The van der Waals surface area contributed by atoms with Crippen molar-refractivity contribution in [2.75, 3.05) is 11.6 Å². The molecule has 1 aliphatic carbocycles. The van der Waals surface area contributed by atoms with Crippen LogP contribution in [-0.2, 0) is 33.9 Å².